The molecule has 0 radical (unpaired) electrons. The number of nitrogens with one attached hydrogen (secondary N) is 1. The van der Waals surface area contributed by atoms with E-state index in [2.05, 4.69) is 9.46 Å². The van der Waals surface area contributed by atoms with E-state index in [-0.39, 0.29) is 12.2 Å². The van der Waals surface area contributed by atoms with Gasteiger partial charge < -0.3 is 9.84 Å². The van der Waals surface area contributed by atoms with Crippen LogP contribution in [0.3, 0.4) is 0 Å². The molecule has 0 fully saturated rings. The second-order valence-corrected chi connectivity index (χ2v) is 6.20. The van der Waals surface area contributed by atoms with E-state index in [9.17, 15) is 17.6 Å². The number of ether oxygens (including phenoxy) is 1. The van der Waals surface area contributed by atoms with Crippen molar-refractivity contribution in [2.24, 2.45) is 0 Å². The first-order valence-corrected chi connectivity index (χ1v) is 7.81. The number of hydrogen-bond donors (Lipinski definition) is 2. The predicted octanol–water partition coefficient (Wildman–Crippen LogP) is 1.05. The van der Waals surface area contributed by atoms with E-state index in [1.54, 1.807) is 6.92 Å². The highest BCUT2D eigenvalue weighted by Gasteiger charge is 2.25. The van der Waals surface area contributed by atoms with Gasteiger partial charge in [0.2, 0.25) is 10.0 Å². The van der Waals surface area contributed by atoms with Crippen LogP contribution < -0.4 is 4.72 Å². The third-order valence-corrected chi connectivity index (χ3v) is 4.42. The van der Waals surface area contributed by atoms with Crippen molar-refractivity contribution in [3.63, 3.8) is 0 Å². The maximum absolute atomic E-state index is 13.3. The molecule has 0 aromatic heterocycles. The average Bonchev–Trinajstić information content (AvgIpc) is 2.43. The van der Waals surface area contributed by atoms with Crippen LogP contribution in [0.4, 0.5) is 4.39 Å². The number of aliphatic hydroxyl groups excluding tert-OH is 1. The lowest BCUT2D eigenvalue weighted by molar-refractivity contribution is 0.0596. The number of rotatable bonds is 7. The first-order valence-electron chi connectivity index (χ1n) is 6.33. The van der Waals surface area contributed by atoms with Crippen molar-refractivity contribution >= 4 is 16.0 Å². The Morgan fingerprint density at radius 2 is 2.14 bits per heavy atom. The third-order valence-electron chi connectivity index (χ3n) is 2.79. The van der Waals surface area contributed by atoms with E-state index < -0.39 is 32.7 Å². The summed E-state index contributed by atoms with van der Waals surface area (Å²) in [5.41, 5.74) is -0.235. The first kappa shape index (κ1) is 17.5. The lowest BCUT2D eigenvalue weighted by Crippen LogP contribution is -2.33. The Morgan fingerprint density at radius 3 is 2.71 bits per heavy atom. The van der Waals surface area contributed by atoms with Gasteiger partial charge in [-0.25, -0.2) is 22.3 Å². The molecule has 1 aromatic carbocycles. The summed E-state index contributed by atoms with van der Waals surface area (Å²) in [6.07, 6.45) is 0.843. The Balaban J connectivity index is 3.12. The van der Waals surface area contributed by atoms with Gasteiger partial charge in [0.25, 0.3) is 0 Å². The van der Waals surface area contributed by atoms with Crippen LogP contribution in [-0.2, 0) is 14.8 Å². The Kier molecular flexibility index (Phi) is 6.25. The summed E-state index contributed by atoms with van der Waals surface area (Å²) in [5, 5.41) is 8.73. The fraction of sp³-hybridized carbons (Fsp3) is 0.462. The molecule has 1 atom stereocenters. The van der Waals surface area contributed by atoms with Gasteiger partial charge in [0, 0.05) is 12.6 Å². The van der Waals surface area contributed by atoms with Crippen molar-refractivity contribution in [2.45, 2.75) is 30.7 Å². The highest BCUT2D eigenvalue weighted by Crippen LogP contribution is 2.19. The molecule has 21 heavy (non-hydrogen) atoms. The SMILES string of the molecule is COC(=O)c1ccc(F)cc1S(=O)(=O)NC(C)CCCO. The summed E-state index contributed by atoms with van der Waals surface area (Å²) < 4.78 is 44.6. The van der Waals surface area contributed by atoms with Gasteiger partial charge in [-0.05, 0) is 38.0 Å². The molecule has 0 saturated carbocycles. The van der Waals surface area contributed by atoms with E-state index >= 15 is 0 Å². The van der Waals surface area contributed by atoms with Crippen LogP contribution in [0.25, 0.3) is 0 Å². The highest BCUT2D eigenvalue weighted by molar-refractivity contribution is 7.89. The lowest BCUT2D eigenvalue weighted by atomic mass is 10.2. The van der Waals surface area contributed by atoms with Gasteiger partial charge in [-0.1, -0.05) is 0 Å². The number of hydrogen-bond acceptors (Lipinski definition) is 5. The van der Waals surface area contributed by atoms with E-state index in [0.29, 0.717) is 12.8 Å². The Labute approximate surface area is 123 Å². The number of esters is 1. The van der Waals surface area contributed by atoms with E-state index in [0.717, 1.165) is 25.3 Å². The number of sulfonamides is 1. The minimum atomic E-state index is -4.07. The van der Waals surface area contributed by atoms with Crippen LogP contribution in [0.2, 0.25) is 0 Å². The zero-order valence-corrected chi connectivity index (χ0v) is 12.6. The second kappa shape index (κ2) is 7.48. The lowest BCUT2D eigenvalue weighted by Gasteiger charge is -2.15. The summed E-state index contributed by atoms with van der Waals surface area (Å²) in [6, 6.07) is 2.36. The summed E-state index contributed by atoms with van der Waals surface area (Å²) in [6.45, 7) is 1.56. The minimum Gasteiger partial charge on any atom is -0.465 e. The largest absolute Gasteiger partial charge is 0.465 e. The fourth-order valence-corrected chi connectivity index (χ4v) is 3.27. The van der Waals surface area contributed by atoms with Gasteiger partial charge in [-0.3, -0.25) is 0 Å². The van der Waals surface area contributed by atoms with E-state index in [1.807, 2.05) is 0 Å². The van der Waals surface area contributed by atoms with Crippen LogP contribution in [0.15, 0.2) is 23.1 Å². The van der Waals surface area contributed by atoms with Crippen molar-refractivity contribution in [2.75, 3.05) is 13.7 Å². The topological polar surface area (TPSA) is 92.7 Å². The molecule has 0 bridgehead atoms. The zero-order valence-electron chi connectivity index (χ0n) is 11.8. The van der Waals surface area contributed by atoms with Crippen molar-refractivity contribution in [1.82, 2.24) is 4.72 Å². The molecule has 0 amide bonds. The fourth-order valence-electron chi connectivity index (χ4n) is 1.78. The van der Waals surface area contributed by atoms with E-state index in [4.69, 9.17) is 5.11 Å². The predicted molar refractivity (Wildman–Crippen MR) is 73.8 cm³/mol. The maximum Gasteiger partial charge on any atom is 0.339 e. The molecule has 2 N–H and O–H groups in total. The Morgan fingerprint density at radius 1 is 1.48 bits per heavy atom. The minimum absolute atomic E-state index is 0.0561. The molecule has 1 unspecified atom stereocenters. The number of benzene rings is 1. The number of aliphatic hydroxyl groups is 1. The van der Waals surface area contributed by atoms with Gasteiger partial charge in [0.05, 0.1) is 17.6 Å². The highest BCUT2D eigenvalue weighted by atomic mass is 32.2. The number of halogens is 1. The van der Waals surface area contributed by atoms with Crippen LogP contribution in [0.5, 0.6) is 0 Å². The first-order chi connectivity index (χ1) is 9.81. The molecule has 0 spiro atoms. The summed E-state index contributed by atoms with van der Waals surface area (Å²) in [7, 11) is -2.96. The van der Waals surface area contributed by atoms with Gasteiger partial charge in [0.1, 0.15) is 5.82 Å². The van der Waals surface area contributed by atoms with Crippen LogP contribution in [0, 0.1) is 5.82 Å². The summed E-state index contributed by atoms with van der Waals surface area (Å²) in [4.78, 5) is 11.1. The zero-order chi connectivity index (χ0) is 16.0. The molecule has 0 aliphatic carbocycles. The van der Waals surface area contributed by atoms with Crippen molar-refractivity contribution in [3.8, 4) is 0 Å². The molecule has 1 rings (SSSR count). The Bertz CT molecular complexity index is 603. The quantitative estimate of drug-likeness (QED) is 0.733. The third kappa shape index (κ3) is 4.76. The van der Waals surface area contributed by atoms with Crippen LogP contribution in [0.1, 0.15) is 30.1 Å². The average molecular weight is 319 g/mol. The summed E-state index contributed by atoms with van der Waals surface area (Å²) in [5.74, 6) is -1.63. The normalized spacial score (nSPS) is 13.0. The van der Waals surface area contributed by atoms with Crippen LogP contribution >= 0.6 is 0 Å². The molecule has 118 valence electrons. The maximum atomic E-state index is 13.3. The van der Waals surface area contributed by atoms with Crippen molar-refractivity contribution < 1.29 is 27.4 Å². The number of carbonyl (C=O) groups excluding carboxylic acids is 1. The van der Waals surface area contributed by atoms with Gasteiger partial charge in [-0.2, -0.15) is 0 Å². The molecule has 0 aliphatic rings. The van der Waals surface area contributed by atoms with Crippen LogP contribution in [-0.4, -0.2) is 39.3 Å². The molecule has 0 saturated heterocycles. The Hall–Kier alpha value is -1.51. The molecule has 0 aliphatic heterocycles. The van der Waals surface area contributed by atoms with Crippen molar-refractivity contribution in [3.05, 3.63) is 29.6 Å². The molecule has 0 heterocycles. The number of methoxy groups -OCH3 is 1. The van der Waals surface area contributed by atoms with Gasteiger partial charge >= 0.3 is 5.97 Å². The standard InChI is InChI=1S/C13H18FNO5S/c1-9(4-3-7-16)15-21(18,19)12-8-10(14)5-6-11(12)13(17)20-2/h5-6,8-9,15-16H,3-4,7H2,1-2H3. The monoisotopic (exact) mass is 319 g/mol. The van der Waals surface area contributed by atoms with Crippen molar-refractivity contribution in [1.29, 1.82) is 0 Å². The summed E-state index contributed by atoms with van der Waals surface area (Å²) >= 11 is 0. The van der Waals surface area contributed by atoms with Gasteiger partial charge in [0.15, 0.2) is 0 Å². The molecular formula is C13H18FNO5S. The van der Waals surface area contributed by atoms with Gasteiger partial charge in [-0.15, -0.1) is 0 Å². The molecular weight excluding hydrogens is 301 g/mol. The molecule has 1 aromatic rings. The number of carbonyl (C=O) groups is 1. The van der Waals surface area contributed by atoms with E-state index in [1.165, 1.54) is 0 Å². The molecule has 8 heteroatoms. The smallest absolute Gasteiger partial charge is 0.339 e. The second-order valence-electron chi connectivity index (χ2n) is 4.52. The molecule has 6 nitrogen and oxygen atoms in total.